The number of nitrogens with zero attached hydrogens (tertiary/aromatic N) is 2. The molecule has 0 fully saturated rings. The van der Waals surface area contributed by atoms with E-state index in [4.69, 9.17) is 11.6 Å². The fraction of sp³-hybridized carbons (Fsp3) is 0.158. The van der Waals surface area contributed by atoms with Gasteiger partial charge in [0.05, 0.1) is 10.6 Å². The zero-order chi connectivity index (χ0) is 18.2. The molecule has 0 amide bonds. The molecule has 0 spiro atoms. The van der Waals surface area contributed by atoms with Crippen molar-refractivity contribution in [3.63, 3.8) is 0 Å². The summed E-state index contributed by atoms with van der Waals surface area (Å²) in [6.45, 7) is 2.02. The topological polar surface area (TPSA) is 42.3 Å². The van der Waals surface area contributed by atoms with E-state index in [-0.39, 0.29) is 4.90 Å². The minimum absolute atomic E-state index is 0.277. The van der Waals surface area contributed by atoms with E-state index in [0.717, 1.165) is 22.6 Å². The fourth-order valence-corrected chi connectivity index (χ4v) is 3.73. The summed E-state index contributed by atoms with van der Waals surface area (Å²) in [5.41, 5.74) is 4.04. The summed E-state index contributed by atoms with van der Waals surface area (Å²) >= 11 is 5.98. The zero-order valence-corrected chi connectivity index (χ0v) is 15.8. The van der Waals surface area contributed by atoms with Crippen LogP contribution in [0.25, 0.3) is 16.9 Å². The highest BCUT2D eigenvalue weighted by Crippen LogP contribution is 2.28. The average Bonchev–Trinajstić information content (AvgIpc) is 2.97. The van der Waals surface area contributed by atoms with Crippen LogP contribution in [0.3, 0.4) is 0 Å². The number of halogens is 1. The van der Waals surface area contributed by atoms with E-state index in [9.17, 15) is 8.42 Å². The van der Waals surface area contributed by atoms with Crippen molar-refractivity contribution in [1.82, 2.24) is 8.87 Å². The molecule has 3 rings (SSSR count). The minimum atomic E-state index is -3.43. The van der Waals surface area contributed by atoms with Crippen molar-refractivity contribution in [2.24, 2.45) is 0 Å². The smallest absolute Gasteiger partial charge is 0.242 e. The number of hydrogen-bond donors (Lipinski definition) is 0. The summed E-state index contributed by atoms with van der Waals surface area (Å²) < 4.78 is 27.8. The largest absolute Gasteiger partial charge is 0.314 e. The molecule has 0 saturated heterocycles. The van der Waals surface area contributed by atoms with Gasteiger partial charge in [-0.2, -0.15) is 0 Å². The highest BCUT2D eigenvalue weighted by molar-refractivity contribution is 7.89. The molecule has 0 unspecified atom stereocenters. The number of rotatable bonds is 4. The molecule has 0 N–H and O–H groups in total. The lowest BCUT2D eigenvalue weighted by molar-refractivity contribution is 0.521. The van der Waals surface area contributed by atoms with E-state index >= 15 is 0 Å². The second-order valence-corrected chi connectivity index (χ2v) is 8.57. The second-order valence-electron chi connectivity index (χ2n) is 5.98. The first kappa shape index (κ1) is 17.7. The maximum atomic E-state index is 12.2. The van der Waals surface area contributed by atoms with Crippen LogP contribution in [-0.2, 0) is 10.0 Å². The van der Waals surface area contributed by atoms with Crippen LogP contribution < -0.4 is 0 Å². The normalized spacial score (nSPS) is 11.9. The lowest BCUT2D eigenvalue weighted by atomic mass is 10.1. The third-order valence-electron chi connectivity index (χ3n) is 4.09. The van der Waals surface area contributed by atoms with Crippen molar-refractivity contribution in [1.29, 1.82) is 0 Å². The highest BCUT2D eigenvalue weighted by Gasteiger charge is 2.17. The third kappa shape index (κ3) is 3.35. The fourth-order valence-electron chi connectivity index (χ4n) is 2.71. The van der Waals surface area contributed by atoms with Crippen molar-refractivity contribution in [3.8, 4) is 16.9 Å². The van der Waals surface area contributed by atoms with Crippen LogP contribution in [-0.4, -0.2) is 31.4 Å². The lowest BCUT2D eigenvalue weighted by Gasteiger charge is -2.15. The summed E-state index contributed by atoms with van der Waals surface area (Å²) in [5.74, 6) is 0. The van der Waals surface area contributed by atoms with Gasteiger partial charge in [0, 0.05) is 30.5 Å². The Morgan fingerprint density at radius 3 is 2.04 bits per heavy atom. The molecular weight excluding hydrogens is 356 g/mol. The highest BCUT2D eigenvalue weighted by atomic mass is 35.5. The Labute approximate surface area is 153 Å². The molecule has 0 bridgehead atoms. The van der Waals surface area contributed by atoms with Crippen molar-refractivity contribution < 1.29 is 8.42 Å². The van der Waals surface area contributed by atoms with Gasteiger partial charge in [-0.05, 0) is 61.0 Å². The molecule has 0 aliphatic heterocycles. The Bertz CT molecular complexity index is 989. The third-order valence-corrected chi connectivity index (χ3v) is 6.17. The Morgan fingerprint density at radius 2 is 1.48 bits per heavy atom. The molecule has 2 aromatic carbocycles. The van der Waals surface area contributed by atoms with Crippen LogP contribution in [0.4, 0.5) is 0 Å². The van der Waals surface area contributed by atoms with Crippen molar-refractivity contribution >= 4 is 21.6 Å². The standard InChI is InChI=1S/C19H19ClN2O2S/c1-14-4-13-19(15-5-7-16(20)8-6-15)22(14)17-9-11-18(12-10-17)25(23,24)21(2)3/h4-13H,1-3H3. The summed E-state index contributed by atoms with van der Waals surface area (Å²) in [6, 6.07) is 18.7. The summed E-state index contributed by atoms with van der Waals surface area (Å²) in [6.07, 6.45) is 0. The van der Waals surface area contributed by atoms with E-state index in [1.165, 1.54) is 18.4 Å². The average molecular weight is 375 g/mol. The molecule has 4 nitrogen and oxygen atoms in total. The van der Waals surface area contributed by atoms with Gasteiger partial charge in [-0.3, -0.25) is 0 Å². The first-order chi connectivity index (χ1) is 11.8. The maximum absolute atomic E-state index is 12.2. The van der Waals surface area contributed by atoms with Crippen LogP contribution in [0.2, 0.25) is 5.02 Å². The van der Waals surface area contributed by atoms with Gasteiger partial charge in [0.25, 0.3) is 0 Å². The van der Waals surface area contributed by atoms with E-state index in [1.54, 1.807) is 12.1 Å². The lowest BCUT2D eigenvalue weighted by Crippen LogP contribution is -2.22. The molecule has 6 heteroatoms. The Hall–Kier alpha value is -2.08. The van der Waals surface area contributed by atoms with Crippen LogP contribution in [0.1, 0.15) is 5.69 Å². The van der Waals surface area contributed by atoms with Gasteiger partial charge in [-0.15, -0.1) is 0 Å². The van der Waals surface area contributed by atoms with Crippen molar-refractivity contribution in [2.75, 3.05) is 14.1 Å². The summed E-state index contributed by atoms with van der Waals surface area (Å²) in [7, 11) is -0.379. The molecule has 0 radical (unpaired) electrons. The van der Waals surface area contributed by atoms with Crippen molar-refractivity contribution in [3.05, 3.63) is 71.4 Å². The quantitative estimate of drug-likeness (QED) is 0.681. The number of aromatic nitrogens is 1. The van der Waals surface area contributed by atoms with Gasteiger partial charge in [0.2, 0.25) is 10.0 Å². The van der Waals surface area contributed by atoms with Crippen LogP contribution >= 0.6 is 11.6 Å². The van der Waals surface area contributed by atoms with Gasteiger partial charge in [-0.25, -0.2) is 12.7 Å². The number of hydrogen-bond acceptors (Lipinski definition) is 2. The first-order valence-corrected chi connectivity index (χ1v) is 9.60. The Balaban J connectivity index is 2.06. The molecule has 0 aliphatic carbocycles. The Morgan fingerprint density at radius 1 is 0.880 bits per heavy atom. The second kappa shape index (κ2) is 6.67. The van der Waals surface area contributed by atoms with Gasteiger partial charge >= 0.3 is 0 Å². The first-order valence-electron chi connectivity index (χ1n) is 7.78. The number of sulfonamides is 1. The molecule has 0 saturated carbocycles. The predicted molar refractivity (Wildman–Crippen MR) is 102 cm³/mol. The zero-order valence-electron chi connectivity index (χ0n) is 14.3. The monoisotopic (exact) mass is 374 g/mol. The molecule has 130 valence electrons. The summed E-state index contributed by atoms with van der Waals surface area (Å²) in [5, 5.41) is 0.692. The molecule has 3 aromatic rings. The van der Waals surface area contributed by atoms with Crippen LogP contribution in [0.5, 0.6) is 0 Å². The molecule has 0 aliphatic rings. The van der Waals surface area contributed by atoms with Crippen LogP contribution in [0.15, 0.2) is 65.6 Å². The van der Waals surface area contributed by atoms with Crippen molar-refractivity contribution in [2.45, 2.75) is 11.8 Å². The maximum Gasteiger partial charge on any atom is 0.242 e. The molecular formula is C19H19ClN2O2S. The van der Waals surface area contributed by atoms with Gasteiger partial charge in [0.1, 0.15) is 0 Å². The molecule has 1 heterocycles. The summed E-state index contributed by atoms with van der Waals surface area (Å²) in [4.78, 5) is 0.277. The number of aryl methyl sites for hydroxylation is 1. The van der Waals surface area contributed by atoms with E-state index in [1.807, 2.05) is 55.5 Å². The Kier molecular flexibility index (Phi) is 4.73. The van der Waals surface area contributed by atoms with Gasteiger partial charge in [0.15, 0.2) is 0 Å². The molecule has 25 heavy (non-hydrogen) atoms. The minimum Gasteiger partial charge on any atom is -0.314 e. The van der Waals surface area contributed by atoms with E-state index < -0.39 is 10.0 Å². The predicted octanol–water partition coefficient (Wildman–Crippen LogP) is 4.36. The van der Waals surface area contributed by atoms with Crippen LogP contribution in [0, 0.1) is 6.92 Å². The SMILES string of the molecule is Cc1ccc(-c2ccc(Cl)cc2)n1-c1ccc(S(=O)(=O)N(C)C)cc1. The van der Waals surface area contributed by atoms with E-state index in [2.05, 4.69) is 4.57 Å². The number of benzene rings is 2. The van der Waals surface area contributed by atoms with E-state index in [0.29, 0.717) is 5.02 Å². The molecule has 1 aromatic heterocycles. The molecule has 0 atom stereocenters. The van der Waals surface area contributed by atoms with Gasteiger partial charge < -0.3 is 4.57 Å². The van der Waals surface area contributed by atoms with Gasteiger partial charge in [-0.1, -0.05) is 23.7 Å².